The zero-order valence-corrected chi connectivity index (χ0v) is 14.2. The number of nitriles is 1. The summed E-state index contributed by atoms with van der Waals surface area (Å²) in [5, 5.41) is 28.3. The maximum atomic E-state index is 12.5. The van der Waals surface area contributed by atoms with Crippen molar-refractivity contribution in [3.8, 4) is 6.07 Å². The van der Waals surface area contributed by atoms with Crippen molar-refractivity contribution < 1.29 is 13.5 Å². The lowest BCUT2D eigenvalue weighted by Crippen LogP contribution is -2.38. The summed E-state index contributed by atoms with van der Waals surface area (Å²) in [5.74, 6) is 0. The van der Waals surface area contributed by atoms with Crippen molar-refractivity contribution in [2.24, 2.45) is 0 Å². The molecule has 0 unspecified atom stereocenters. The van der Waals surface area contributed by atoms with Gasteiger partial charge in [-0.2, -0.15) is 10.4 Å². The number of aromatic amines is 1. The number of rotatable bonds is 7. The number of anilines is 1. The van der Waals surface area contributed by atoms with Crippen molar-refractivity contribution in [2.75, 3.05) is 11.9 Å². The summed E-state index contributed by atoms with van der Waals surface area (Å²) in [6, 6.07) is 7.99. The highest BCUT2D eigenvalue weighted by Gasteiger charge is 2.22. The van der Waals surface area contributed by atoms with Gasteiger partial charge in [-0.05, 0) is 38.1 Å². The number of H-pyrrole nitrogens is 1. The molecule has 2 aromatic rings. The smallest absolute Gasteiger partial charge is 0.242 e. The van der Waals surface area contributed by atoms with E-state index in [1.54, 1.807) is 12.3 Å². The van der Waals surface area contributed by atoms with Crippen molar-refractivity contribution >= 4 is 15.7 Å². The van der Waals surface area contributed by atoms with Crippen LogP contribution in [0.3, 0.4) is 0 Å². The third-order valence-corrected chi connectivity index (χ3v) is 4.58. The Morgan fingerprint density at radius 1 is 1.38 bits per heavy atom. The molecule has 0 bridgehead atoms. The van der Waals surface area contributed by atoms with Gasteiger partial charge in [0.1, 0.15) is 4.90 Å². The Morgan fingerprint density at radius 3 is 2.71 bits per heavy atom. The highest BCUT2D eigenvalue weighted by molar-refractivity contribution is 7.89. The fraction of sp³-hybridized carbons (Fsp3) is 0.333. The van der Waals surface area contributed by atoms with Gasteiger partial charge in [-0.1, -0.05) is 0 Å². The topological polar surface area (TPSA) is 131 Å². The van der Waals surface area contributed by atoms with Crippen LogP contribution in [-0.2, 0) is 16.6 Å². The van der Waals surface area contributed by atoms with E-state index in [9.17, 15) is 13.5 Å². The Bertz CT molecular complexity index is 833. The number of nitrogens with one attached hydrogen (secondary N) is 3. The average molecular weight is 349 g/mol. The second-order valence-corrected chi connectivity index (χ2v) is 7.63. The van der Waals surface area contributed by atoms with E-state index < -0.39 is 15.6 Å². The molecule has 9 heteroatoms. The van der Waals surface area contributed by atoms with E-state index in [-0.39, 0.29) is 11.4 Å². The molecule has 0 radical (unpaired) electrons. The van der Waals surface area contributed by atoms with Gasteiger partial charge in [-0.3, -0.25) is 5.10 Å². The predicted molar refractivity (Wildman–Crippen MR) is 88.6 cm³/mol. The fourth-order valence-corrected chi connectivity index (χ4v) is 3.26. The number of sulfonamides is 1. The first-order chi connectivity index (χ1) is 11.2. The molecule has 1 heterocycles. The molecule has 0 saturated heterocycles. The Kier molecular flexibility index (Phi) is 5.23. The van der Waals surface area contributed by atoms with Crippen LogP contribution in [0.15, 0.2) is 35.4 Å². The van der Waals surface area contributed by atoms with Crippen LogP contribution >= 0.6 is 0 Å². The third-order valence-electron chi connectivity index (χ3n) is 3.12. The van der Waals surface area contributed by atoms with Crippen molar-refractivity contribution in [3.05, 3.63) is 41.7 Å². The first-order valence-electron chi connectivity index (χ1n) is 7.19. The van der Waals surface area contributed by atoms with Gasteiger partial charge in [-0.25, -0.2) is 13.1 Å². The molecule has 8 nitrogen and oxygen atoms in total. The minimum atomic E-state index is -3.85. The number of benzene rings is 1. The van der Waals surface area contributed by atoms with E-state index >= 15 is 0 Å². The number of nitrogens with zero attached hydrogens (tertiary/aromatic N) is 2. The van der Waals surface area contributed by atoms with Crippen LogP contribution in [0.1, 0.15) is 25.1 Å². The number of aromatic nitrogens is 2. The van der Waals surface area contributed by atoms with E-state index in [2.05, 4.69) is 20.2 Å². The molecule has 0 saturated carbocycles. The lowest BCUT2D eigenvalue weighted by Gasteiger charge is -2.19. The van der Waals surface area contributed by atoms with E-state index in [4.69, 9.17) is 5.26 Å². The minimum absolute atomic E-state index is 0.00488. The van der Waals surface area contributed by atoms with Gasteiger partial charge in [0, 0.05) is 12.7 Å². The fourth-order valence-electron chi connectivity index (χ4n) is 1.89. The summed E-state index contributed by atoms with van der Waals surface area (Å²) in [4.78, 5) is 0.00488. The molecule has 1 aromatic carbocycles. The largest absolute Gasteiger partial charge is 0.389 e. The van der Waals surface area contributed by atoms with Gasteiger partial charge in [-0.15, -0.1) is 0 Å². The molecule has 0 aliphatic heterocycles. The molecular weight excluding hydrogens is 330 g/mol. The van der Waals surface area contributed by atoms with E-state index in [1.165, 1.54) is 32.0 Å². The summed E-state index contributed by atoms with van der Waals surface area (Å²) in [7, 11) is -3.85. The van der Waals surface area contributed by atoms with Crippen molar-refractivity contribution in [1.29, 1.82) is 5.26 Å². The van der Waals surface area contributed by atoms with Gasteiger partial charge in [0.15, 0.2) is 0 Å². The Balaban J connectivity index is 2.29. The highest BCUT2D eigenvalue weighted by Crippen LogP contribution is 2.23. The van der Waals surface area contributed by atoms with Crippen molar-refractivity contribution in [1.82, 2.24) is 14.9 Å². The molecule has 1 aromatic heterocycles. The molecule has 0 amide bonds. The molecule has 0 aliphatic carbocycles. The molecule has 0 aliphatic rings. The highest BCUT2D eigenvalue weighted by atomic mass is 32.2. The van der Waals surface area contributed by atoms with Crippen LogP contribution < -0.4 is 10.0 Å². The Labute approximate surface area is 140 Å². The van der Waals surface area contributed by atoms with Crippen LogP contribution in [0, 0.1) is 11.3 Å². The van der Waals surface area contributed by atoms with Crippen LogP contribution in [0.2, 0.25) is 0 Å². The van der Waals surface area contributed by atoms with Gasteiger partial charge >= 0.3 is 0 Å². The SMILES string of the molecule is CC(C)(O)CNS(=O)(=O)c1ccc(C#N)cc1NCc1ccn[nH]1. The average Bonchev–Trinajstić information content (AvgIpc) is 3.03. The Hall–Kier alpha value is -2.41. The summed E-state index contributed by atoms with van der Waals surface area (Å²) < 4.78 is 27.4. The molecule has 0 atom stereocenters. The normalized spacial score (nSPS) is 11.9. The predicted octanol–water partition coefficient (Wildman–Crippen LogP) is 0.943. The quantitative estimate of drug-likeness (QED) is 0.588. The lowest BCUT2D eigenvalue weighted by molar-refractivity contribution is 0.0857. The van der Waals surface area contributed by atoms with Gasteiger partial charge in [0.25, 0.3) is 0 Å². The lowest BCUT2D eigenvalue weighted by atomic mass is 10.1. The summed E-state index contributed by atoms with van der Waals surface area (Å²) in [5.41, 5.74) is 0.226. The molecule has 2 rings (SSSR count). The number of hydrogen-bond donors (Lipinski definition) is 4. The standard InChI is InChI=1S/C15H19N5O3S/c1-15(2,21)10-19-24(22,23)14-4-3-11(8-16)7-13(14)17-9-12-5-6-18-20-12/h3-7,17,19,21H,9-10H2,1-2H3,(H,18,20). The maximum absolute atomic E-state index is 12.5. The number of hydrogen-bond acceptors (Lipinski definition) is 6. The van der Waals surface area contributed by atoms with Gasteiger partial charge in [0.2, 0.25) is 10.0 Å². The van der Waals surface area contributed by atoms with Crippen LogP contribution in [0.25, 0.3) is 0 Å². The summed E-state index contributed by atoms with van der Waals surface area (Å²) in [6.45, 7) is 3.20. The van der Waals surface area contributed by atoms with E-state index in [0.717, 1.165) is 5.69 Å². The van der Waals surface area contributed by atoms with E-state index in [0.29, 0.717) is 17.8 Å². The molecule has 128 valence electrons. The molecular formula is C15H19N5O3S. The second kappa shape index (κ2) is 7.00. The molecule has 0 fully saturated rings. The first kappa shape index (κ1) is 17.9. The minimum Gasteiger partial charge on any atom is -0.389 e. The monoisotopic (exact) mass is 349 g/mol. The first-order valence-corrected chi connectivity index (χ1v) is 8.68. The van der Waals surface area contributed by atoms with E-state index in [1.807, 2.05) is 6.07 Å². The summed E-state index contributed by atoms with van der Waals surface area (Å²) in [6.07, 6.45) is 1.59. The Morgan fingerprint density at radius 2 is 2.12 bits per heavy atom. The second-order valence-electron chi connectivity index (χ2n) is 5.90. The summed E-state index contributed by atoms with van der Waals surface area (Å²) >= 11 is 0. The zero-order valence-electron chi connectivity index (χ0n) is 13.4. The molecule has 0 spiro atoms. The van der Waals surface area contributed by atoms with Crippen molar-refractivity contribution in [2.45, 2.75) is 30.9 Å². The van der Waals surface area contributed by atoms with Gasteiger partial charge < -0.3 is 10.4 Å². The van der Waals surface area contributed by atoms with Gasteiger partial charge in [0.05, 0.1) is 35.2 Å². The maximum Gasteiger partial charge on any atom is 0.242 e. The zero-order chi connectivity index (χ0) is 17.8. The third kappa shape index (κ3) is 4.79. The van der Waals surface area contributed by atoms with Crippen LogP contribution in [-0.4, -0.2) is 35.9 Å². The van der Waals surface area contributed by atoms with Crippen molar-refractivity contribution in [3.63, 3.8) is 0 Å². The molecule has 4 N–H and O–H groups in total. The molecule has 24 heavy (non-hydrogen) atoms. The van der Waals surface area contributed by atoms with Crippen LogP contribution in [0.5, 0.6) is 0 Å². The number of aliphatic hydroxyl groups is 1. The van der Waals surface area contributed by atoms with Crippen LogP contribution in [0.4, 0.5) is 5.69 Å².